The Morgan fingerprint density at radius 2 is 0.780 bits per heavy atom. The lowest BCUT2D eigenvalue weighted by atomic mass is 9.87. The molecule has 0 bridgehead atoms. The van der Waals surface area contributed by atoms with E-state index in [1.54, 1.807) is 13.8 Å². The largest absolute Gasteiger partial charge is 0.465 e. The molecule has 0 radical (unpaired) electrons. The van der Waals surface area contributed by atoms with Crippen LogP contribution in [0.5, 0.6) is 0 Å². The van der Waals surface area contributed by atoms with Gasteiger partial charge in [0.2, 0.25) is 0 Å². The van der Waals surface area contributed by atoms with Crippen LogP contribution >= 0.6 is 0 Å². The first kappa shape index (κ1) is 45.5. The highest BCUT2D eigenvalue weighted by Gasteiger charge is 2.39. The van der Waals surface area contributed by atoms with Crippen molar-refractivity contribution in [1.29, 1.82) is 0 Å². The molecule has 0 saturated carbocycles. The summed E-state index contributed by atoms with van der Waals surface area (Å²) in [7, 11) is 0. The van der Waals surface area contributed by atoms with Gasteiger partial charge in [-0.25, -0.2) is 24.0 Å². The van der Waals surface area contributed by atoms with Crippen molar-refractivity contribution >= 4 is 35.8 Å². The highest BCUT2D eigenvalue weighted by molar-refractivity contribution is 5.88. The predicted octanol–water partition coefficient (Wildman–Crippen LogP) is 5.09. The molecule has 0 aliphatic carbocycles. The molecule has 0 aromatic heterocycles. The third-order valence-electron chi connectivity index (χ3n) is 7.14. The molecule has 0 N–H and O–H groups in total. The van der Waals surface area contributed by atoms with E-state index in [9.17, 15) is 28.8 Å². The molecular weight excluding hydrogens is 652 g/mol. The molecular formula is C37H54O13. The zero-order valence-corrected chi connectivity index (χ0v) is 30.5. The van der Waals surface area contributed by atoms with E-state index in [0.29, 0.717) is 31.3 Å². The Morgan fingerprint density at radius 1 is 0.440 bits per heavy atom. The summed E-state index contributed by atoms with van der Waals surface area (Å²) in [6.07, 6.45) is 1.89. The van der Waals surface area contributed by atoms with Crippen molar-refractivity contribution in [2.75, 3.05) is 52.9 Å². The van der Waals surface area contributed by atoms with E-state index < -0.39 is 59.9 Å². The Labute approximate surface area is 295 Å². The third-order valence-corrected chi connectivity index (χ3v) is 7.14. The van der Waals surface area contributed by atoms with Crippen molar-refractivity contribution in [1.82, 2.24) is 0 Å². The normalized spacial score (nSPS) is 11.0. The average molecular weight is 707 g/mol. The molecule has 50 heavy (non-hydrogen) atoms. The van der Waals surface area contributed by atoms with Gasteiger partial charge in [0.25, 0.3) is 0 Å². The number of unbranched alkanes of at least 4 members (excludes halogenated alkanes) is 2. The van der Waals surface area contributed by atoms with Crippen LogP contribution in [0.1, 0.15) is 73.6 Å². The molecule has 0 saturated heterocycles. The zero-order chi connectivity index (χ0) is 38.5. The van der Waals surface area contributed by atoms with Gasteiger partial charge in [-0.3, -0.25) is 4.79 Å². The minimum Gasteiger partial charge on any atom is -0.465 e. The second kappa shape index (κ2) is 23.0. The van der Waals surface area contributed by atoms with Crippen LogP contribution in [0.25, 0.3) is 0 Å². The SMILES string of the molecule is C=C(C)C(=O)OCCCCCC(=O)OCC(COCC(CC)(COC(=O)C(=C)C)COC(=O)C(=C)C)(COC(=O)C(=C)C)COC(=O)C(=C)C. The van der Waals surface area contributed by atoms with Crippen LogP contribution in [0.2, 0.25) is 0 Å². The highest BCUT2D eigenvalue weighted by atomic mass is 16.6. The van der Waals surface area contributed by atoms with Crippen molar-refractivity contribution in [3.05, 3.63) is 60.8 Å². The lowest BCUT2D eigenvalue weighted by molar-refractivity contribution is -0.168. The number of rotatable bonds is 26. The van der Waals surface area contributed by atoms with Crippen LogP contribution in [0, 0.1) is 10.8 Å². The van der Waals surface area contributed by atoms with E-state index in [0.717, 1.165) is 0 Å². The molecule has 0 aliphatic heterocycles. The van der Waals surface area contributed by atoms with Gasteiger partial charge >= 0.3 is 35.8 Å². The second-order valence-electron chi connectivity index (χ2n) is 12.7. The molecule has 0 heterocycles. The quantitative estimate of drug-likeness (QED) is 0.0506. The van der Waals surface area contributed by atoms with E-state index in [2.05, 4.69) is 32.9 Å². The minimum atomic E-state index is -1.41. The van der Waals surface area contributed by atoms with E-state index in [4.69, 9.17) is 33.2 Å². The number of ether oxygens (including phenoxy) is 7. The summed E-state index contributed by atoms with van der Waals surface area (Å²) in [5.41, 5.74) is -1.62. The summed E-state index contributed by atoms with van der Waals surface area (Å²) in [5, 5.41) is 0. The van der Waals surface area contributed by atoms with Gasteiger partial charge in [-0.15, -0.1) is 0 Å². The number of carbonyl (C=O) groups is 6. The van der Waals surface area contributed by atoms with E-state index >= 15 is 0 Å². The molecule has 0 fully saturated rings. The molecule has 0 rings (SSSR count). The monoisotopic (exact) mass is 706 g/mol. The van der Waals surface area contributed by atoms with Gasteiger partial charge in [0.05, 0.1) is 30.7 Å². The van der Waals surface area contributed by atoms with Crippen LogP contribution in [-0.2, 0) is 61.9 Å². The summed E-state index contributed by atoms with van der Waals surface area (Å²) >= 11 is 0. The fourth-order valence-corrected chi connectivity index (χ4v) is 3.67. The van der Waals surface area contributed by atoms with Crippen LogP contribution in [0.15, 0.2) is 60.8 Å². The van der Waals surface area contributed by atoms with Crippen LogP contribution in [-0.4, -0.2) is 88.7 Å². The van der Waals surface area contributed by atoms with E-state index in [-0.39, 0.29) is 68.4 Å². The lowest BCUT2D eigenvalue weighted by Gasteiger charge is -2.35. The minimum absolute atomic E-state index is 0.0313. The standard InChI is InChI=1S/C37H54O13/c1-12-36(20-47-32(40)26(4)5,21-48-33(41)27(6)7)18-44-19-37(23-49-34(42)28(8)9,24-50-35(43)29(10)11)22-46-30(38)16-14-13-15-17-45-31(39)25(2)3/h2,4,6,8,10,12-24H2,1,3,5,7,9,11H3. The maximum absolute atomic E-state index is 12.8. The summed E-state index contributed by atoms with van der Waals surface area (Å²) in [6, 6.07) is 0. The molecule has 0 aliphatic rings. The summed E-state index contributed by atoms with van der Waals surface area (Å²) in [4.78, 5) is 73.7. The number of hydrogen-bond acceptors (Lipinski definition) is 13. The van der Waals surface area contributed by atoms with Gasteiger partial charge in [-0.1, -0.05) is 39.8 Å². The number of esters is 6. The van der Waals surface area contributed by atoms with Crippen molar-refractivity contribution in [2.45, 2.75) is 73.6 Å². The average Bonchev–Trinajstić information content (AvgIpc) is 3.06. The summed E-state index contributed by atoms with van der Waals surface area (Å²) < 4.78 is 38.5. The van der Waals surface area contributed by atoms with E-state index in [1.165, 1.54) is 27.7 Å². The van der Waals surface area contributed by atoms with Crippen LogP contribution in [0.3, 0.4) is 0 Å². The fourth-order valence-electron chi connectivity index (χ4n) is 3.67. The van der Waals surface area contributed by atoms with Gasteiger partial charge < -0.3 is 33.2 Å². The molecule has 0 aromatic rings. The first-order valence-corrected chi connectivity index (χ1v) is 16.2. The first-order valence-electron chi connectivity index (χ1n) is 16.2. The highest BCUT2D eigenvalue weighted by Crippen LogP contribution is 2.28. The van der Waals surface area contributed by atoms with Crippen molar-refractivity contribution in [3.8, 4) is 0 Å². The zero-order valence-electron chi connectivity index (χ0n) is 30.5. The summed E-state index contributed by atoms with van der Waals surface area (Å²) in [6.45, 7) is 25.2. The van der Waals surface area contributed by atoms with Gasteiger partial charge in [0.1, 0.15) is 33.0 Å². The van der Waals surface area contributed by atoms with Gasteiger partial charge in [-0.2, -0.15) is 0 Å². The van der Waals surface area contributed by atoms with Gasteiger partial charge in [-0.05, 0) is 60.3 Å². The molecule has 13 heteroatoms. The van der Waals surface area contributed by atoms with Gasteiger partial charge in [0.15, 0.2) is 0 Å². The van der Waals surface area contributed by atoms with Crippen molar-refractivity contribution < 1.29 is 61.9 Å². The second-order valence-corrected chi connectivity index (χ2v) is 12.7. The smallest absolute Gasteiger partial charge is 0.333 e. The Morgan fingerprint density at radius 3 is 1.16 bits per heavy atom. The predicted molar refractivity (Wildman–Crippen MR) is 184 cm³/mol. The number of hydrogen-bond donors (Lipinski definition) is 0. The molecule has 0 amide bonds. The number of carbonyl (C=O) groups excluding carboxylic acids is 6. The molecule has 0 aromatic carbocycles. The van der Waals surface area contributed by atoms with Crippen molar-refractivity contribution in [3.63, 3.8) is 0 Å². The Bertz CT molecular complexity index is 1230. The Kier molecular flexibility index (Phi) is 20.9. The van der Waals surface area contributed by atoms with E-state index in [1.807, 2.05) is 0 Å². The molecule has 0 unspecified atom stereocenters. The molecule has 0 spiro atoms. The Hall–Kier alpha value is -4.52. The lowest BCUT2D eigenvalue weighted by Crippen LogP contribution is -2.45. The van der Waals surface area contributed by atoms with Crippen molar-refractivity contribution in [2.24, 2.45) is 10.8 Å². The molecule has 0 atom stereocenters. The molecule has 280 valence electrons. The van der Waals surface area contributed by atoms with Crippen LogP contribution in [0.4, 0.5) is 0 Å². The molecule has 13 nitrogen and oxygen atoms in total. The summed E-state index contributed by atoms with van der Waals surface area (Å²) in [5.74, 6) is -3.84. The Balaban J connectivity index is 6.09. The van der Waals surface area contributed by atoms with Crippen LogP contribution < -0.4 is 0 Å². The topological polar surface area (TPSA) is 167 Å². The first-order chi connectivity index (χ1) is 23.3. The maximum Gasteiger partial charge on any atom is 0.333 e. The maximum atomic E-state index is 12.8. The fraction of sp³-hybridized carbons (Fsp3) is 0.568. The third kappa shape index (κ3) is 18.3. The van der Waals surface area contributed by atoms with Gasteiger partial charge in [0, 0.05) is 34.3 Å².